The first-order valence-electron chi connectivity index (χ1n) is 8.58. The molecular weight excluding hydrogens is 354 g/mol. The molecule has 1 N–H and O–H groups in total. The Morgan fingerprint density at radius 3 is 2.56 bits per heavy atom. The number of amides is 1. The molecule has 27 heavy (non-hydrogen) atoms. The van der Waals surface area contributed by atoms with Gasteiger partial charge in [-0.25, -0.2) is 9.59 Å². The number of ether oxygens (including phenoxy) is 2. The molecule has 1 aliphatic rings. The smallest absolute Gasteiger partial charge is 0.340 e. The number of carboxylic acid groups (broad SMARTS) is 1. The van der Waals surface area contributed by atoms with Crippen LogP contribution in [0.4, 0.5) is 0 Å². The predicted octanol–water partition coefficient (Wildman–Crippen LogP) is 1.74. The quantitative estimate of drug-likeness (QED) is 0.793. The van der Waals surface area contributed by atoms with Crippen LogP contribution < -0.4 is 15.1 Å². The van der Waals surface area contributed by atoms with E-state index in [0.717, 1.165) is 0 Å². The standard InChI is InChI=1S/C19H21NO7/c1-10-11-7-15(25-2)16(26-3)9-14(11)27-19(24)12(10)8-17(21)20-6-4-5-13(20)18(22)23/h7,9,13H,4-6,8H2,1-3H3,(H,22,23)/t13-/m1/s1. The molecule has 1 saturated heterocycles. The van der Waals surface area contributed by atoms with Gasteiger partial charge in [0.15, 0.2) is 11.5 Å². The highest BCUT2D eigenvalue weighted by Gasteiger charge is 2.34. The minimum atomic E-state index is -1.03. The van der Waals surface area contributed by atoms with Gasteiger partial charge in [0.1, 0.15) is 11.6 Å². The van der Waals surface area contributed by atoms with Crippen LogP contribution in [0.2, 0.25) is 0 Å². The minimum absolute atomic E-state index is 0.206. The van der Waals surface area contributed by atoms with Crippen LogP contribution in [0.15, 0.2) is 21.3 Å². The largest absolute Gasteiger partial charge is 0.493 e. The van der Waals surface area contributed by atoms with E-state index in [2.05, 4.69) is 0 Å². The van der Waals surface area contributed by atoms with E-state index >= 15 is 0 Å². The second-order valence-electron chi connectivity index (χ2n) is 6.46. The van der Waals surface area contributed by atoms with Gasteiger partial charge in [0.05, 0.1) is 26.2 Å². The second-order valence-corrected chi connectivity index (χ2v) is 6.46. The summed E-state index contributed by atoms with van der Waals surface area (Å²) in [6.45, 7) is 2.10. The van der Waals surface area contributed by atoms with Crippen molar-refractivity contribution in [3.05, 3.63) is 33.7 Å². The Morgan fingerprint density at radius 1 is 1.26 bits per heavy atom. The number of methoxy groups -OCH3 is 2. The van der Waals surface area contributed by atoms with Crippen molar-refractivity contribution in [1.29, 1.82) is 0 Å². The number of hydrogen-bond acceptors (Lipinski definition) is 6. The first-order chi connectivity index (χ1) is 12.9. The van der Waals surface area contributed by atoms with Crippen molar-refractivity contribution >= 4 is 22.8 Å². The fourth-order valence-corrected chi connectivity index (χ4v) is 3.49. The fraction of sp³-hybridized carbons (Fsp3) is 0.421. The van der Waals surface area contributed by atoms with E-state index in [1.807, 2.05) is 0 Å². The van der Waals surface area contributed by atoms with Crippen LogP contribution in [0.5, 0.6) is 11.5 Å². The summed E-state index contributed by atoms with van der Waals surface area (Å²) in [5.41, 5.74) is 0.528. The van der Waals surface area contributed by atoms with Crippen molar-refractivity contribution in [3.63, 3.8) is 0 Å². The third-order valence-electron chi connectivity index (χ3n) is 4.98. The summed E-state index contributed by atoms with van der Waals surface area (Å²) < 4.78 is 15.9. The zero-order valence-electron chi connectivity index (χ0n) is 15.4. The van der Waals surface area contributed by atoms with Gasteiger partial charge in [-0.05, 0) is 31.4 Å². The highest BCUT2D eigenvalue weighted by atomic mass is 16.5. The van der Waals surface area contributed by atoms with Gasteiger partial charge in [-0.2, -0.15) is 0 Å². The summed E-state index contributed by atoms with van der Waals surface area (Å²) >= 11 is 0. The maximum absolute atomic E-state index is 12.6. The lowest BCUT2D eigenvalue weighted by molar-refractivity contribution is -0.148. The van der Waals surface area contributed by atoms with Crippen LogP contribution >= 0.6 is 0 Å². The Kier molecular flexibility index (Phi) is 5.07. The van der Waals surface area contributed by atoms with Crippen LogP contribution in [0.1, 0.15) is 24.0 Å². The highest BCUT2D eigenvalue weighted by molar-refractivity contribution is 5.88. The molecule has 1 atom stereocenters. The molecule has 0 aliphatic carbocycles. The third-order valence-corrected chi connectivity index (χ3v) is 4.98. The SMILES string of the molecule is COc1cc2oc(=O)c(CC(=O)N3CCC[C@@H]3C(=O)O)c(C)c2cc1OC. The van der Waals surface area contributed by atoms with E-state index in [9.17, 15) is 19.5 Å². The lowest BCUT2D eigenvalue weighted by atomic mass is 10.0. The number of likely N-dealkylation sites (tertiary alicyclic amines) is 1. The molecule has 1 aliphatic heterocycles. The second kappa shape index (κ2) is 7.30. The molecule has 8 nitrogen and oxygen atoms in total. The van der Waals surface area contributed by atoms with E-state index in [0.29, 0.717) is 47.4 Å². The van der Waals surface area contributed by atoms with Crippen LogP contribution in [0.25, 0.3) is 11.0 Å². The Labute approximate surface area is 155 Å². The minimum Gasteiger partial charge on any atom is -0.493 e. The molecule has 8 heteroatoms. The molecule has 0 saturated carbocycles. The first-order valence-corrected chi connectivity index (χ1v) is 8.58. The highest BCUT2D eigenvalue weighted by Crippen LogP contribution is 2.33. The molecule has 144 valence electrons. The van der Waals surface area contributed by atoms with E-state index in [1.165, 1.54) is 19.1 Å². The van der Waals surface area contributed by atoms with Crippen LogP contribution in [0.3, 0.4) is 0 Å². The van der Waals surface area contributed by atoms with Crippen molar-refractivity contribution in [2.24, 2.45) is 0 Å². The summed E-state index contributed by atoms with van der Waals surface area (Å²) in [5, 5.41) is 9.89. The van der Waals surface area contributed by atoms with Gasteiger partial charge in [-0.15, -0.1) is 0 Å². The van der Waals surface area contributed by atoms with Crippen molar-refractivity contribution in [2.45, 2.75) is 32.2 Å². The number of aliphatic carboxylic acids is 1. The van der Waals surface area contributed by atoms with Crippen molar-refractivity contribution < 1.29 is 28.6 Å². The zero-order chi connectivity index (χ0) is 19.7. The molecule has 1 amide bonds. The van der Waals surface area contributed by atoms with Gasteiger partial charge >= 0.3 is 11.6 Å². The maximum Gasteiger partial charge on any atom is 0.340 e. The van der Waals surface area contributed by atoms with Gasteiger partial charge in [-0.1, -0.05) is 0 Å². The van der Waals surface area contributed by atoms with Gasteiger partial charge < -0.3 is 23.9 Å². The molecule has 0 unspecified atom stereocenters. The topological polar surface area (TPSA) is 106 Å². The summed E-state index contributed by atoms with van der Waals surface area (Å²) in [5.74, 6) is -0.516. The molecular formula is C19H21NO7. The number of benzene rings is 1. The average Bonchev–Trinajstić information content (AvgIpc) is 3.14. The Bertz CT molecular complexity index is 963. The Balaban J connectivity index is 2.01. The fourth-order valence-electron chi connectivity index (χ4n) is 3.49. The maximum atomic E-state index is 12.6. The number of aryl methyl sites for hydroxylation is 1. The Morgan fingerprint density at radius 2 is 1.93 bits per heavy atom. The summed E-state index contributed by atoms with van der Waals surface area (Å²) in [6.07, 6.45) is 0.844. The summed E-state index contributed by atoms with van der Waals surface area (Å²) in [7, 11) is 2.98. The summed E-state index contributed by atoms with van der Waals surface area (Å²) in [6, 6.07) is 2.42. The number of carboxylic acids is 1. The molecule has 1 aromatic carbocycles. The molecule has 3 rings (SSSR count). The number of nitrogens with zero attached hydrogens (tertiary/aromatic N) is 1. The molecule has 2 aromatic rings. The normalized spacial score (nSPS) is 16.6. The predicted molar refractivity (Wildman–Crippen MR) is 96.4 cm³/mol. The number of fused-ring (bicyclic) bond motifs is 1. The van der Waals surface area contributed by atoms with E-state index in [1.54, 1.807) is 19.1 Å². The molecule has 0 spiro atoms. The van der Waals surface area contributed by atoms with Gasteiger partial charge in [0.25, 0.3) is 0 Å². The average molecular weight is 375 g/mol. The van der Waals surface area contributed by atoms with Crippen molar-refractivity contribution in [3.8, 4) is 11.5 Å². The van der Waals surface area contributed by atoms with E-state index < -0.39 is 23.5 Å². The van der Waals surface area contributed by atoms with Gasteiger partial charge in [-0.3, -0.25) is 4.79 Å². The lowest BCUT2D eigenvalue weighted by Crippen LogP contribution is -2.41. The monoisotopic (exact) mass is 375 g/mol. The molecule has 1 fully saturated rings. The number of carbonyl (C=O) groups is 2. The molecule has 0 bridgehead atoms. The molecule has 2 heterocycles. The summed E-state index contributed by atoms with van der Waals surface area (Å²) in [4.78, 5) is 37.7. The van der Waals surface area contributed by atoms with E-state index in [4.69, 9.17) is 13.9 Å². The zero-order valence-corrected chi connectivity index (χ0v) is 15.4. The van der Waals surface area contributed by atoms with E-state index in [-0.39, 0.29) is 12.0 Å². The van der Waals surface area contributed by atoms with Crippen LogP contribution in [-0.2, 0) is 16.0 Å². The lowest BCUT2D eigenvalue weighted by Gasteiger charge is -2.21. The Hall–Kier alpha value is -3.03. The van der Waals surface area contributed by atoms with Crippen LogP contribution in [-0.4, -0.2) is 48.7 Å². The number of carbonyl (C=O) groups excluding carboxylic acids is 1. The van der Waals surface area contributed by atoms with Crippen molar-refractivity contribution in [2.75, 3.05) is 20.8 Å². The number of rotatable bonds is 5. The third kappa shape index (κ3) is 3.34. The van der Waals surface area contributed by atoms with Crippen molar-refractivity contribution in [1.82, 2.24) is 4.90 Å². The van der Waals surface area contributed by atoms with Gasteiger partial charge in [0, 0.05) is 18.0 Å². The van der Waals surface area contributed by atoms with Gasteiger partial charge in [0.2, 0.25) is 5.91 Å². The molecule has 0 radical (unpaired) electrons. The molecule has 1 aromatic heterocycles. The first kappa shape index (κ1) is 18.8. The number of hydrogen-bond donors (Lipinski definition) is 1. The van der Waals surface area contributed by atoms with Crippen LogP contribution in [0, 0.1) is 6.92 Å².